The van der Waals surface area contributed by atoms with E-state index in [0.29, 0.717) is 9.87 Å². The van der Waals surface area contributed by atoms with Gasteiger partial charge in [0, 0.05) is 13.1 Å². The molecule has 0 spiro atoms. The first-order valence-electron chi connectivity index (χ1n) is 8.58. The number of halogens is 3. The molecule has 0 aliphatic heterocycles. The summed E-state index contributed by atoms with van der Waals surface area (Å²) < 4.78 is 69.0. The number of hydrogen-bond donors (Lipinski definition) is 0. The van der Waals surface area contributed by atoms with Crippen LogP contribution in [0.1, 0.15) is 26.3 Å². The lowest BCUT2D eigenvalue weighted by Gasteiger charge is -2.35. The Bertz CT molecular complexity index is 726. The van der Waals surface area contributed by atoms with Gasteiger partial charge in [-0.2, -0.15) is 17.5 Å². The van der Waals surface area contributed by atoms with Crippen molar-refractivity contribution in [3.8, 4) is 0 Å². The highest BCUT2D eigenvalue weighted by molar-refractivity contribution is 7.89. The minimum Gasteiger partial charge on any atom is -0.413 e. The Morgan fingerprint density at radius 2 is 1.63 bits per heavy atom. The largest absolute Gasteiger partial charge is 0.511 e. The Kier molecular flexibility index (Phi) is 7.86. The van der Waals surface area contributed by atoms with Gasteiger partial charge in [0.1, 0.15) is 0 Å². The molecule has 1 aromatic carbocycles. The lowest BCUT2D eigenvalue weighted by Crippen LogP contribution is -2.41. The lowest BCUT2D eigenvalue weighted by atomic mass is 10.2. The molecule has 9 heteroatoms. The van der Waals surface area contributed by atoms with Crippen LogP contribution in [0.5, 0.6) is 0 Å². The van der Waals surface area contributed by atoms with E-state index in [-0.39, 0.29) is 24.7 Å². The zero-order valence-corrected chi connectivity index (χ0v) is 18.2. The summed E-state index contributed by atoms with van der Waals surface area (Å²) in [6.07, 6.45) is 2.98. The van der Waals surface area contributed by atoms with Crippen LogP contribution in [0.4, 0.5) is 13.2 Å². The maximum absolute atomic E-state index is 13.0. The van der Waals surface area contributed by atoms with E-state index in [1.165, 1.54) is 6.08 Å². The quantitative estimate of drug-likeness (QED) is 0.441. The van der Waals surface area contributed by atoms with Crippen LogP contribution in [0, 0.1) is 0 Å². The van der Waals surface area contributed by atoms with E-state index in [9.17, 15) is 21.6 Å². The molecule has 0 fully saturated rings. The number of nitrogens with zero attached hydrogens (tertiary/aromatic N) is 1. The van der Waals surface area contributed by atoms with Crippen LogP contribution >= 0.6 is 0 Å². The number of sulfonamides is 1. The van der Waals surface area contributed by atoms with Crippen LogP contribution in [0.3, 0.4) is 0 Å². The monoisotopic (exact) mass is 423 g/mol. The average Bonchev–Trinajstić information content (AvgIpc) is 2.52. The highest BCUT2D eigenvalue weighted by Crippen LogP contribution is 2.36. The summed E-state index contributed by atoms with van der Waals surface area (Å²) in [5.41, 5.74) is -4.86. The molecule has 154 valence electrons. The molecule has 0 atom stereocenters. The SMILES string of the molecule is CC(C)(C)[Si](C)(C)OC/C=C/CN(Cc1ccccc1)S(=O)(=O)C(F)(F)F. The van der Waals surface area contributed by atoms with Gasteiger partial charge in [-0.3, -0.25) is 0 Å². The first-order valence-corrected chi connectivity index (χ1v) is 12.9. The van der Waals surface area contributed by atoms with Gasteiger partial charge in [-0.15, -0.1) is 0 Å². The summed E-state index contributed by atoms with van der Waals surface area (Å²) in [4.78, 5) is 0. The number of alkyl halides is 3. The molecule has 0 aromatic heterocycles. The van der Waals surface area contributed by atoms with Crippen LogP contribution in [0.15, 0.2) is 42.5 Å². The van der Waals surface area contributed by atoms with Crippen molar-refractivity contribution in [1.82, 2.24) is 4.31 Å². The van der Waals surface area contributed by atoms with E-state index in [1.54, 1.807) is 36.4 Å². The fourth-order valence-electron chi connectivity index (χ4n) is 1.91. The van der Waals surface area contributed by atoms with E-state index < -0.39 is 23.8 Å². The van der Waals surface area contributed by atoms with Crippen LogP contribution in [-0.4, -0.2) is 39.7 Å². The predicted molar refractivity (Wildman–Crippen MR) is 104 cm³/mol. The van der Waals surface area contributed by atoms with Gasteiger partial charge in [-0.05, 0) is 23.7 Å². The highest BCUT2D eigenvalue weighted by Gasteiger charge is 2.49. The molecule has 0 aliphatic carbocycles. The van der Waals surface area contributed by atoms with Gasteiger partial charge in [0.05, 0.1) is 6.61 Å². The molecule has 1 aromatic rings. The second kappa shape index (κ2) is 8.89. The van der Waals surface area contributed by atoms with E-state index in [1.807, 2.05) is 0 Å². The fraction of sp³-hybridized carbons (Fsp3) is 0.556. The molecule has 0 saturated heterocycles. The highest BCUT2D eigenvalue weighted by atomic mass is 32.2. The fourth-order valence-corrected chi connectivity index (χ4v) is 3.75. The molecule has 0 bridgehead atoms. The summed E-state index contributed by atoms with van der Waals surface area (Å²) in [5, 5.41) is 0.0137. The number of benzene rings is 1. The molecule has 0 aliphatic rings. The topological polar surface area (TPSA) is 46.6 Å². The third-order valence-electron chi connectivity index (χ3n) is 4.66. The molecular weight excluding hydrogens is 395 g/mol. The first kappa shape index (κ1) is 23.9. The van der Waals surface area contributed by atoms with Crippen LogP contribution in [0.2, 0.25) is 18.1 Å². The second-order valence-corrected chi connectivity index (χ2v) is 14.5. The van der Waals surface area contributed by atoms with Gasteiger partial charge < -0.3 is 4.43 Å². The standard InChI is InChI=1S/C18H28F3NO3SSi/c1-17(2,3)27(4,5)25-14-10-9-13-22(26(23,24)18(19,20)21)15-16-11-7-6-8-12-16/h6-12H,13-15H2,1-5H3/b10-9+. The Morgan fingerprint density at radius 3 is 2.11 bits per heavy atom. The Labute approximate surface area is 161 Å². The van der Waals surface area contributed by atoms with Crippen LogP contribution in [-0.2, 0) is 21.0 Å². The predicted octanol–water partition coefficient (Wildman–Crippen LogP) is 4.92. The Hall–Kier alpha value is -1.16. The van der Waals surface area contributed by atoms with Gasteiger partial charge >= 0.3 is 15.5 Å². The molecule has 0 saturated carbocycles. The second-order valence-electron chi connectivity index (χ2n) is 7.77. The van der Waals surface area contributed by atoms with Gasteiger partial charge in [-0.1, -0.05) is 63.3 Å². The van der Waals surface area contributed by atoms with E-state index in [4.69, 9.17) is 4.43 Å². The van der Waals surface area contributed by atoms with Crippen molar-refractivity contribution in [2.75, 3.05) is 13.2 Å². The molecule has 4 nitrogen and oxygen atoms in total. The third-order valence-corrected chi connectivity index (χ3v) is 10.7. The van der Waals surface area contributed by atoms with E-state index in [2.05, 4.69) is 33.9 Å². The smallest absolute Gasteiger partial charge is 0.413 e. The van der Waals surface area contributed by atoms with E-state index in [0.717, 1.165) is 0 Å². The molecule has 0 radical (unpaired) electrons. The van der Waals surface area contributed by atoms with Crippen molar-refractivity contribution in [2.45, 2.75) is 51.0 Å². The van der Waals surface area contributed by atoms with Crippen molar-refractivity contribution in [3.63, 3.8) is 0 Å². The van der Waals surface area contributed by atoms with Crippen molar-refractivity contribution in [2.24, 2.45) is 0 Å². The van der Waals surface area contributed by atoms with Gasteiger partial charge in [-0.25, -0.2) is 8.42 Å². The summed E-state index contributed by atoms with van der Waals surface area (Å²) in [7, 11) is -7.40. The molecule has 1 rings (SSSR count). The van der Waals surface area contributed by atoms with Gasteiger partial charge in [0.2, 0.25) is 0 Å². The maximum Gasteiger partial charge on any atom is 0.511 e. The Balaban J connectivity index is 2.84. The molecule has 0 heterocycles. The van der Waals surface area contributed by atoms with Gasteiger partial charge in [0.25, 0.3) is 0 Å². The normalized spacial score (nSPS) is 14.3. The minimum atomic E-state index is -5.43. The van der Waals surface area contributed by atoms with Gasteiger partial charge in [0.15, 0.2) is 8.32 Å². The van der Waals surface area contributed by atoms with Crippen LogP contribution < -0.4 is 0 Å². The third kappa shape index (κ3) is 6.74. The molecule has 0 unspecified atom stereocenters. The van der Waals surface area contributed by atoms with E-state index >= 15 is 0 Å². The molecule has 0 N–H and O–H groups in total. The minimum absolute atomic E-state index is 0.0137. The van der Waals surface area contributed by atoms with Crippen molar-refractivity contribution in [3.05, 3.63) is 48.0 Å². The maximum atomic E-state index is 13.0. The van der Waals surface area contributed by atoms with Crippen molar-refractivity contribution < 1.29 is 26.0 Å². The number of hydrogen-bond acceptors (Lipinski definition) is 3. The average molecular weight is 424 g/mol. The number of rotatable bonds is 8. The lowest BCUT2D eigenvalue weighted by molar-refractivity contribution is -0.0488. The molecule has 27 heavy (non-hydrogen) atoms. The first-order chi connectivity index (χ1) is 12.2. The van der Waals surface area contributed by atoms with Crippen molar-refractivity contribution >= 4 is 18.3 Å². The summed E-state index contributed by atoms with van der Waals surface area (Å²) in [6.45, 7) is 9.89. The summed E-state index contributed by atoms with van der Waals surface area (Å²) in [6, 6.07) is 8.18. The van der Waals surface area contributed by atoms with Crippen molar-refractivity contribution in [1.29, 1.82) is 0 Å². The zero-order valence-electron chi connectivity index (χ0n) is 16.4. The summed E-state index contributed by atoms with van der Waals surface area (Å²) in [5.74, 6) is 0. The van der Waals surface area contributed by atoms with Crippen LogP contribution in [0.25, 0.3) is 0 Å². The summed E-state index contributed by atoms with van der Waals surface area (Å²) >= 11 is 0. The Morgan fingerprint density at radius 1 is 1.07 bits per heavy atom. The molecular formula is C18H28F3NO3SSi. The zero-order chi connectivity index (χ0) is 20.9. The molecule has 0 amide bonds.